The van der Waals surface area contributed by atoms with Crippen LogP contribution in [0.3, 0.4) is 0 Å². The third kappa shape index (κ3) is 4.62. The largest absolute Gasteiger partial charge is 0.508 e. The molecule has 180 valence electrons. The van der Waals surface area contributed by atoms with E-state index in [0.29, 0.717) is 11.5 Å². The van der Waals surface area contributed by atoms with Gasteiger partial charge >= 0.3 is 0 Å². The number of aromatic hydroxyl groups is 3. The fourth-order valence-corrected chi connectivity index (χ4v) is 4.14. The summed E-state index contributed by atoms with van der Waals surface area (Å²) in [6.07, 6.45) is 0. The summed E-state index contributed by atoms with van der Waals surface area (Å²) in [7, 11) is 0. The van der Waals surface area contributed by atoms with Crippen LogP contribution < -0.4 is 9.64 Å². The Morgan fingerprint density at radius 1 is 0.543 bits per heavy atom. The molecule has 4 aromatic carbocycles. The molecular weight excluding hydrogens is 438 g/mol. The Labute approximate surface area is 206 Å². The average Bonchev–Trinajstić information content (AvgIpc) is 2.81. The number of phenols is 3. The molecule has 3 N–H and O–H groups in total. The lowest BCUT2D eigenvalue weighted by Crippen LogP contribution is -2.13. The van der Waals surface area contributed by atoms with Crippen molar-refractivity contribution in [2.45, 2.75) is 41.5 Å². The number of phenolic OH excluding ortho intramolecular Hbond substituents is 3. The van der Waals surface area contributed by atoms with Crippen molar-refractivity contribution >= 4 is 17.1 Å². The maximum Gasteiger partial charge on any atom is 0.172 e. The third-order valence-corrected chi connectivity index (χ3v) is 6.36. The molecule has 0 heterocycles. The van der Waals surface area contributed by atoms with Gasteiger partial charge in [-0.2, -0.15) is 0 Å². The normalized spacial score (nSPS) is 10.9. The molecule has 4 aromatic rings. The molecule has 0 amide bonds. The number of benzene rings is 4. The minimum Gasteiger partial charge on any atom is -0.508 e. The molecule has 0 radical (unpaired) electrons. The Kier molecular flexibility index (Phi) is 6.35. The topological polar surface area (TPSA) is 73.2 Å². The molecular formula is C30H31NO4. The van der Waals surface area contributed by atoms with Crippen LogP contribution in [0.4, 0.5) is 17.1 Å². The van der Waals surface area contributed by atoms with Crippen LogP contribution in [-0.2, 0) is 0 Å². The second kappa shape index (κ2) is 9.26. The molecule has 0 aliphatic heterocycles. The standard InChI is InChI=1S/C30H31NO4/c1-17-7-8-18(2)30(29(17)34)35-24-11-9-23(10-12-24)31(25-13-21(5)27(32)15-19(25)3)26-14-22(6)28(33)16-20(26)4/h7-16,32-34H,1-6H3. The highest BCUT2D eigenvalue weighted by atomic mass is 16.5. The first-order valence-corrected chi connectivity index (χ1v) is 11.5. The van der Waals surface area contributed by atoms with Crippen molar-refractivity contribution in [3.63, 3.8) is 0 Å². The quantitative estimate of drug-likeness (QED) is 0.277. The number of ether oxygens (including phenoxy) is 1. The van der Waals surface area contributed by atoms with E-state index in [1.54, 1.807) is 12.1 Å². The molecule has 5 heteroatoms. The van der Waals surface area contributed by atoms with E-state index in [1.165, 1.54) is 0 Å². The Morgan fingerprint density at radius 2 is 1.03 bits per heavy atom. The van der Waals surface area contributed by atoms with Crippen molar-refractivity contribution in [2.24, 2.45) is 0 Å². The van der Waals surface area contributed by atoms with E-state index >= 15 is 0 Å². The number of rotatable bonds is 5. The van der Waals surface area contributed by atoms with Gasteiger partial charge < -0.3 is 25.0 Å². The van der Waals surface area contributed by atoms with Crippen LogP contribution in [0.2, 0.25) is 0 Å². The van der Waals surface area contributed by atoms with E-state index in [4.69, 9.17) is 4.74 Å². The van der Waals surface area contributed by atoms with E-state index in [-0.39, 0.29) is 17.2 Å². The molecule has 0 bridgehead atoms. The zero-order chi connectivity index (χ0) is 25.4. The van der Waals surface area contributed by atoms with Crippen molar-refractivity contribution in [2.75, 3.05) is 4.90 Å². The lowest BCUT2D eigenvalue weighted by molar-refractivity contribution is 0.406. The number of hydrogen-bond acceptors (Lipinski definition) is 5. The zero-order valence-corrected chi connectivity index (χ0v) is 21.0. The highest BCUT2D eigenvalue weighted by molar-refractivity contribution is 5.82. The molecule has 0 unspecified atom stereocenters. The summed E-state index contributed by atoms with van der Waals surface area (Å²) >= 11 is 0. The summed E-state index contributed by atoms with van der Waals surface area (Å²) in [5.41, 5.74) is 7.72. The molecule has 0 saturated heterocycles. The van der Waals surface area contributed by atoms with Crippen molar-refractivity contribution in [3.8, 4) is 28.7 Å². The first kappa shape index (κ1) is 24.0. The van der Waals surface area contributed by atoms with E-state index in [0.717, 1.165) is 50.4 Å². The molecule has 5 nitrogen and oxygen atoms in total. The molecule has 0 aromatic heterocycles. The minimum atomic E-state index is 0.140. The molecule has 35 heavy (non-hydrogen) atoms. The second-order valence-electron chi connectivity index (χ2n) is 9.16. The third-order valence-electron chi connectivity index (χ3n) is 6.36. The maximum absolute atomic E-state index is 10.5. The van der Waals surface area contributed by atoms with Crippen molar-refractivity contribution in [1.82, 2.24) is 0 Å². The fourth-order valence-electron chi connectivity index (χ4n) is 4.14. The number of anilines is 3. The monoisotopic (exact) mass is 469 g/mol. The summed E-state index contributed by atoms with van der Waals surface area (Å²) in [6, 6.07) is 18.9. The molecule has 0 aliphatic rings. The van der Waals surface area contributed by atoms with Gasteiger partial charge in [0.1, 0.15) is 17.2 Å². The Hall–Kier alpha value is -4.12. The predicted molar refractivity (Wildman–Crippen MR) is 141 cm³/mol. The maximum atomic E-state index is 10.5. The molecule has 0 atom stereocenters. The Bertz CT molecular complexity index is 1350. The van der Waals surface area contributed by atoms with Gasteiger partial charge in [0.05, 0.1) is 0 Å². The predicted octanol–water partition coefficient (Wildman–Crippen LogP) is 7.92. The van der Waals surface area contributed by atoms with Gasteiger partial charge in [-0.25, -0.2) is 0 Å². The van der Waals surface area contributed by atoms with Crippen LogP contribution in [-0.4, -0.2) is 15.3 Å². The van der Waals surface area contributed by atoms with E-state index in [2.05, 4.69) is 4.90 Å². The zero-order valence-electron chi connectivity index (χ0n) is 21.0. The highest BCUT2D eigenvalue weighted by Crippen LogP contribution is 2.43. The Balaban J connectivity index is 1.82. The van der Waals surface area contributed by atoms with Crippen LogP contribution in [0.15, 0.2) is 60.7 Å². The summed E-state index contributed by atoms with van der Waals surface area (Å²) in [5.74, 6) is 1.70. The molecule has 0 fully saturated rings. The van der Waals surface area contributed by atoms with Crippen LogP contribution in [0, 0.1) is 41.5 Å². The van der Waals surface area contributed by atoms with Crippen LogP contribution in [0.5, 0.6) is 28.7 Å². The van der Waals surface area contributed by atoms with Crippen LogP contribution in [0.25, 0.3) is 0 Å². The summed E-state index contributed by atoms with van der Waals surface area (Å²) in [6.45, 7) is 11.4. The van der Waals surface area contributed by atoms with Gasteiger partial charge in [-0.3, -0.25) is 0 Å². The van der Waals surface area contributed by atoms with Crippen molar-refractivity contribution < 1.29 is 20.1 Å². The SMILES string of the molecule is Cc1cc(N(c2ccc(Oc3c(C)ccc(C)c3O)cc2)c2cc(C)c(O)cc2C)c(C)cc1O. The number of hydrogen-bond donors (Lipinski definition) is 3. The lowest BCUT2D eigenvalue weighted by Gasteiger charge is -2.29. The van der Waals surface area contributed by atoms with Gasteiger partial charge in [-0.15, -0.1) is 0 Å². The Morgan fingerprint density at radius 3 is 1.54 bits per heavy atom. The number of nitrogens with zero attached hydrogens (tertiary/aromatic N) is 1. The first-order valence-electron chi connectivity index (χ1n) is 11.5. The van der Waals surface area contributed by atoms with E-state index in [1.807, 2.05) is 90.1 Å². The summed E-state index contributed by atoms with van der Waals surface area (Å²) < 4.78 is 6.05. The highest BCUT2D eigenvalue weighted by Gasteiger charge is 2.20. The molecule has 0 aliphatic carbocycles. The molecule has 0 saturated carbocycles. The van der Waals surface area contributed by atoms with Crippen LogP contribution >= 0.6 is 0 Å². The van der Waals surface area contributed by atoms with E-state index < -0.39 is 0 Å². The van der Waals surface area contributed by atoms with Gasteiger partial charge in [0.15, 0.2) is 11.5 Å². The van der Waals surface area contributed by atoms with E-state index in [9.17, 15) is 15.3 Å². The minimum absolute atomic E-state index is 0.140. The van der Waals surface area contributed by atoms with Gasteiger partial charge in [-0.1, -0.05) is 12.1 Å². The molecule has 0 spiro atoms. The smallest absolute Gasteiger partial charge is 0.172 e. The number of aryl methyl sites for hydroxylation is 6. The van der Waals surface area contributed by atoms with Crippen molar-refractivity contribution in [1.29, 1.82) is 0 Å². The fraction of sp³-hybridized carbons (Fsp3) is 0.200. The van der Waals surface area contributed by atoms with Crippen molar-refractivity contribution in [3.05, 3.63) is 94.0 Å². The van der Waals surface area contributed by atoms with Gasteiger partial charge in [0.25, 0.3) is 0 Å². The average molecular weight is 470 g/mol. The van der Waals surface area contributed by atoms with Gasteiger partial charge in [0, 0.05) is 17.1 Å². The summed E-state index contributed by atoms with van der Waals surface area (Å²) in [5, 5.41) is 30.9. The van der Waals surface area contributed by atoms with Gasteiger partial charge in [0.2, 0.25) is 0 Å². The van der Waals surface area contributed by atoms with Crippen LogP contribution in [0.1, 0.15) is 33.4 Å². The first-order chi connectivity index (χ1) is 16.6. The molecule has 4 rings (SSSR count). The lowest BCUT2D eigenvalue weighted by atomic mass is 10.0. The van der Waals surface area contributed by atoms with Gasteiger partial charge in [-0.05, 0) is 123 Å². The summed E-state index contributed by atoms with van der Waals surface area (Å²) in [4.78, 5) is 2.11. The second-order valence-corrected chi connectivity index (χ2v) is 9.16.